The second kappa shape index (κ2) is 7.61. The zero-order valence-corrected chi connectivity index (χ0v) is 12.9. The van der Waals surface area contributed by atoms with Gasteiger partial charge in [0.2, 0.25) is 0 Å². The Morgan fingerprint density at radius 2 is 1.84 bits per heavy atom. The monoisotopic (exact) mass is 269 g/mol. The van der Waals surface area contributed by atoms with Crippen molar-refractivity contribution in [1.29, 1.82) is 0 Å². The molecule has 0 aromatic heterocycles. The summed E-state index contributed by atoms with van der Waals surface area (Å²) in [6.45, 7) is 10.4. The highest BCUT2D eigenvalue weighted by Crippen LogP contribution is 2.36. The molecule has 4 unspecified atom stereocenters. The lowest BCUT2D eigenvalue weighted by molar-refractivity contribution is -0.112. The molecular weight excluding hydrogens is 238 g/mol. The van der Waals surface area contributed by atoms with Gasteiger partial charge in [-0.3, -0.25) is 0 Å². The molecule has 2 fully saturated rings. The number of nitrogens with one attached hydrogen (secondary N) is 1. The van der Waals surface area contributed by atoms with Crippen LogP contribution in [-0.4, -0.2) is 38.5 Å². The Bertz CT molecular complexity index is 243. The topological polar surface area (TPSA) is 30.5 Å². The highest BCUT2D eigenvalue weighted by molar-refractivity contribution is 4.89. The summed E-state index contributed by atoms with van der Waals surface area (Å²) in [6, 6.07) is 0.477. The molecule has 19 heavy (non-hydrogen) atoms. The first-order valence-electron chi connectivity index (χ1n) is 8.13. The maximum atomic E-state index is 5.97. The van der Waals surface area contributed by atoms with Crippen LogP contribution in [-0.2, 0) is 9.47 Å². The van der Waals surface area contributed by atoms with Crippen molar-refractivity contribution in [2.45, 2.75) is 58.6 Å². The molecule has 0 radical (unpaired) electrons. The Kier molecular flexibility index (Phi) is 6.11. The summed E-state index contributed by atoms with van der Waals surface area (Å²) >= 11 is 0. The van der Waals surface area contributed by atoms with Crippen LogP contribution in [0.4, 0.5) is 0 Å². The number of rotatable bonds is 5. The fourth-order valence-electron chi connectivity index (χ4n) is 3.93. The van der Waals surface area contributed by atoms with Crippen molar-refractivity contribution >= 4 is 0 Å². The molecule has 2 rings (SSSR count). The number of ether oxygens (including phenoxy) is 2. The summed E-state index contributed by atoms with van der Waals surface area (Å²) in [6.07, 6.45) is 5.50. The molecule has 1 saturated heterocycles. The zero-order valence-electron chi connectivity index (χ0n) is 12.9. The summed E-state index contributed by atoms with van der Waals surface area (Å²) in [5.41, 5.74) is 0. The Balaban J connectivity index is 1.98. The van der Waals surface area contributed by atoms with Gasteiger partial charge in [-0.1, -0.05) is 20.8 Å². The van der Waals surface area contributed by atoms with Crippen LogP contribution in [0.1, 0.15) is 46.5 Å². The van der Waals surface area contributed by atoms with Gasteiger partial charge in [-0.2, -0.15) is 0 Å². The van der Waals surface area contributed by atoms with Gasteiger partial charge in [-0.25, -0.2) is 0 Å². The fraction of sp³-hybridized carbons (Fsp3) is 1.00. The van der Waals surface area contributed by atoms with Crippen LogP contribution >= 0.6 is 0 Å². The summed E-state index contributed by atoms with van der Waals surface area (Å²) in [5, 5.41) is 3.74. The summed E-state index contributed by atoms with van der Waals surface area (Å²) < 4.78 is 11.6. The zero-order chi connectivity index (χ0) is 13.7. The molecule has 1 N–H and O–H groups in total. The summed E-state index contributed by atoms with van der Waals surface area (Å²) in [7, 11) is 0. The van der Waals surface area contributed by atoms with Crippen LogP contribution in [0.5, 0.6) is 0 Å². The Labute approximate surface area is 118 Å². The minimum Gasteiger partial charge on any atom is -0.376 e. The number of hydrogen-bond acceptors (Lipinski definition) is 3. The fourth-order valence-corrected chi connectivity index (χ4v) is 3.93. The van der Waals surface area contributed by atoms with Crippen LogP contribution in [0.25, 0.3) is 0 Å². The second-order valence-corrected chi connectivity index (χ2v) is 6.64. The lowest BCUT2D eigenvalue weighted by Gasteiger charge is -2.41. The maximum absolute atomic E-state index is 5.97. The molecule has 0 spiro atoms. The van der Waals surface area contributed by atoms with Crippen molar-refractivity contribution in [2.24, 2.45) is 17.8 Å². The molecule has 0 bridgehead atoms. The molecule has 1 aliphatic heterocycles. The van der Waals surface area contributed by atoms with Gasteiger partial charge < -0.3 is 14.8 Å². The van der Waals surface area contributed by atoms with E-state index in [9.17, 15) is 0 Å². The summed E-state index contributed by atoms with van der Waals surface area (Å²) in [4.78, 5) is 0. The molecule has 0 aromatic carbocycles. The molecule has 3 heteroatoms. The van der Waals surface area contributed by atoms with Gasteiger partial charge in [0.05, 0.1) is 25.9 Å². The Morgan fingerprint density at radius 3 is 2.42 bits per heavy atom. The SMILES string of the molecule is CCCNC(C1CC(C)CC(C)C1)C1COCCO1. The lowest BCUT2D eigenvalue weighted by Crippen LogP contribution is -2.52. The van der Waals surface area contributed by atoms with E-state index < -0.39 is 0 Å². The van der Waals surface area contributed by atoms with E-state index in [0.717, 1.165) is 44.1 Å². The van der Waals surface area contributed by atoms with Crippen molar-refractivity contribution in [1.82, 2.24) is 5.32 Å². The van der Waals surface area contributed by atoms with Crippen LogP contribution < -0.4 is 5.32 Å². The van der Waals surface area contributed by atoms with E-state index >= 15 is 0 Å². The average molecular weight is 269 g/mol. The third kappa shape index (κ3) is 4.44. The van der Waals surface area contributed by atoms with E-state index in [1.807, 2.05) is 0 Å². The van der Waals surface area contributed by atoms with Crippen LogP contribution in [0.15, 0.2) is 0 Å². The van der Waals surface area contributed by atoms with Crippen LogP contribution in [0, 0.1) is 17.8 Å². The predicted octanol–water partition coefficient (Wildman–Crippen LogP) is 2.84. The van der Waals surface area contributed by atoms with E-state index in [1.54, 1.807) is 0 Å². The highest BCUT2D eigenvalue weighted by Gasteiger charge is 2.35. The largest absolute Gasteiger partial charge is 0.376 e. The van der Waals surface area contributed by atoms with Gasteiger partial charge in [0, 0.05) is 6.04 Å². The first-order valence-corrected chi connectivity index (χ1v) is 8.13. The summed E-state index contributed by atoms with van der Waals surface area (Å²) in [5.74, 6) is 2.45. The molecule has 3 nitrogen and oxygen atoms in total. The van der Waals surface area contributed by atoms with Gasteiger partial charge in [0.1, 0.15) is 0 Å². The molecule has 1 saturated carbocycles. The van der Waals surface area contributed by atoms with Crippen molar-refractivity contribution in [2.75, 3.05) is 26.4 Å². The average Bonchev–Trinajstić information content (AvgIpc) is 2.39. The first-order chi connectivity index (χ1) is 9.20. The third-order valence-corrected chi connectivity index (χ3v) is 4.60. The van der Waals surface area contributed by atoms with Crippen molar-refractivity contribution in [3.05, 3.63) is 0 Å². The van der Waals surface area contributed by atoms with Crippen LogP contribution in [0.3, 0.4) is 0 Å². The lowest BCUT2D eigenvalue weighted by atomic mass is 9.72. The molecule has 0 aromatic rings. The minimum absolute atomic E-state index is 0.253. The van der Waals surface area contributed by atoms with E-state index in [1.165, 1.54) is 25.7 Å². The van der Waals surface area contributed by atoms with Gasteiger partial charge >= 0.3 is 0 Å². The van der Waals surface area contributed by atoms with E-state index in [4.69, 9.17) is 9.47 Å². The quantitative estimate of drug-likeness (QED) is 0.832. The molecular formula is C16H31NO2. The maximum Gasteiger partial charge on any atom is 0.0964 e. The predicted molar refractivity (Wildman–Crippen MR) is 78.3 cm³/mol. The molecule has 4 atom stereocenters. The number of hydrogen-bond donors (Lipinski definition) is 1. The van der Waals surface area contributed by atoms with Crippen LogP contribution in [0.2, 0.25) is 0 Å². The second-order valence-electron chi connectivity index (χ2n) is 6.64. The Hall–Kier alpha value is -0.120. The first kappa shape index (κ1) is 15.3. The smallest absolute Gasteiger partial charge is 0.0964 e. The van der Waals surface area contributed by atoms with Gasteiger partial charge in [-0.15, -0.1) is 0 Å². The van der Waals surface area contributed by atoms with Crippen molar-refractivity contribution in [3.8, 4) is 0 Å². The van der Waals surface area contributed by atoms with E-state index in [2.05, 4.69) is 26.1 Å². The van der Waals surface area contributed by atoms with Gasteiger partial charge in [0.15, 0.2) is 0 Å². The molecule has 2 aliphatic rings. The third-order valence-electron chi connectivity index (χ3n) is 4.60. The van der Waals surface area contributed by atoms with Crippen molar-refractivity contribution < 1.29 is 9.47 Å². The normalized spacial score (nSPS) is 38.1. The molecule has 1 heterocycles. The van der Waals surface area contributed by atoms with Gasteiger partial charge in [-0.05, 0) is 50.0 Å². The van der Waals surface area contributed by atoms with E-state index in [0.29, 0.717) is 6.04 Å². The van der Waals surface area contributed by atoms with E-state index in [-0.39, 0.29) is 6.10 Å². The standard InChI is InChI=1S/C16H31NO2/c1-4-5-17-16(15-11-18-6-7-19-15)14-9-12(2)8-13(3)10-14/h12-17H,4-11H2,1-3H3. The van der Waals surface area contributed by atoms with Gasteiger partial charge in [0.25, 0.3) is 0 Å². The Morgan fingerprint density at radius 1 is 1.11 bits per heavy atom. The highest BCUT2D eigenvalue weighted by atomic mass is 16.6. The molecule has 112 valence electrons. The molecule has 0 amide bonds. The minimum atomic E-state index is 0.253. The molecule has 1 aliphatic carbocycles. The van der Waals surface area contributed by atoms with Crippen molar-refractivity contribution in [3.63, 3.8) is 0 Å².